The lowest BCUT2D eigenvalue weighted by Crippen LogP contribution is -2.17. The van der Waals surface area contributed by atoms with E-state index >= 15 is 0 Å². The standard InChI is InChI=1S/C30H30N8/c1-20-10-11-24-23(12-14-33-29(24)36-21-7-5-8-22(17-21)38-15-3-4-16-38)28(20)37-30-25(9-6-13-32-30)26-18-27(31-2)35-19-34-26/h5-14,17-19H,3-4,15-16H2,1-2H3,(H,32,37)(H,33,36)(H,31,34,35). The first-order chi connectivity index (χ1) is 18.7. The van der Waals surface area contributed by atoms with Crippen molar-refractivity contribution in [2.45, 2.75) is 19.8 Å². The van der Waals surface area contributed by atoms with Crippen molar-refractivity contribution in [3.63, 3.8) is 0 Å². The Morgan fingerprint density at radius 2 is 1.63 bits per heavy atom. The third-order valence-corrected chi connectivity index (χ3v) is 6.98. The maximum Gasteiger partial charge on any atom is 0.139 e. The van der Waals surface area contributed by atoms with Gasteiger partial charge in [-0.25, -0.2) is 19.9 Å². The van der Waals surface area contributed by atoms with Crippen LogP contribution in [0.15, 0.2) is 79.4 Å². The van der Waals surface area contributed by atoms with E-state index in [9.17, 15) is 0 Å². The van der Waals surface area contributed by atoms with Crippen molar-refractivity contribution < 1.29 is 0 Å². The minimum absolute atomic E-state index is 0.730. The normalized spacial score (nSPS) is 13.1. The zero-order chi connectivity index (χ0) is 25.9. The molecule has 0 spiro atoms. The highest BCUT2D eigenvalue weighted by Crippen LogP contribution is 2.36. The summed E-state index contributed by atoms with van der Waals surface area (Å²) in [4.78, 5) is 20.5. The first kappa shape index (κ1) is 23.7. The highest BCUT2D eigenvalue weighted by Gasteiger charge is 2.15. The Labute approximate surface area is 222 Å². The number of nitrogens with one attached hydrogen (secondary N) is 3. The molecule has 0 radical (unpaired) electrons. The maximum absolute atomic E-state index is 4.70. The van der Waals surface area contributed by atoms with Crippen molar-refractivity contribution in [1.29, 1.82) is 0 Å². The van der Waals surface area contributed by atoms with E-state index in [-0.39, 0.29) is 0 Å². The SMILES string of the molecule is CNc1cc(-c2cccnc2Nc2c(C)ccc3c(Nc4cccc(N5CCCC5)c4)nccc23)ncn1. The van der Waals surface area contributed by atoms with Crippen LogP contribution in [0.2, 0.25) is 0 Å². The third kappa shape index (κ3) is 4.68. The van der Waals surface area contributed by atoms with Gasteiger partial charge in [0, 0.05) is 66.3 Å². The Balaban J connectivity index is 1.36. The van der Waals surface area contributed by atoms with Crippen LogP contribution in [0.1, 0.15) is 18.4 Å². The van der Waals surface area contributed by atoms with Crippen molar-refractivity contribution in [2.24, 2.45) is 0 Å². The molecular formula is C30H30N8. The molecule has 0 aliphatic carbocycles. The summed E-state index contributed by atoms with van der Waals surface area (Å²) in [5, 5.41) is 12.3. The number of hydrogen-bond acceptors (Lipinski definition) is 8. The molecule has 5 aromatic rings. The topological polar surface area (TPSA) is 90.9 Å². The molecule has 1 aliphatic heterocycles. The summed E-state index contributed by atoms with van der Waals surface area (Å²) in [6.07, 6.45) is 7.70. The van der Waals surface area contributed by atoms with Crippen molar-refractivity contribution >= 4 is 45.3 Å². The fourth-order valence-corrected chi connectivity index (χ4v) is 4.99. The van der Waals surface area contributed by atoms with Crippen LogP contribution in [0.5, 0.6) is 0 Å². The molecule has 4 heterocycles. The monoisotopic (exact) mass is 502 g/mol. The van der Waals surface area contributed by atoms with Crippen LogP contribution in [-0.2, 0) is 0 Å². The molecule has 0 amide bonds. The van der Waals surface area contributed by atoms with Gasteiger partial charge in [0.2, 0.25) is 0 Å². The second-order valence-electron chi connectivity index (χ2n) is 9.44. The summed E-state index contributed by atoms with van der Waals surface area (Å²) in [6.45, 7) is 4.33. The Kier molecular flexibility index (Phi) is 6.44. The van der Waals surface area contributed by atoms with Gasteiger partial charge in [0.25, 0.3) is 0 Å². The lowest BCUT2D eigenvalue weighted by molar-refractivity contribution is 0.949. The van der Waals surface area contributed by atoms with Gasteiger partial charge < -0.3 is 20.9 Å². The lowest BCUT2D eigenvalue weighted by atomic mass is 10.0. The zero-order valence-corrected chi connectivity index (χ0v) is 21.6. The number of anilines is 6. The molecule has 1 aliphatic rings. The van der Waals surface area contributed by atoms with Gasteiger partial charge in [-0.3, -0.25) is 0 Å². The fraction of sp³-hybridized carbons (Fsp3) is 0.200. The van der Waals surface area contributed by atoms with Crippen molar-refractivity contribution in [3.8, 4) is 11.3 Å². The van der Waals surface area contributed by atoms with E-state index < -0.39 is 0 Å². The first-order valence-electron chi connectivity index (χ1n) is 12.9. The number of aromatic nitrogens is 4. The van der Waals surface area contributed by atoms with Gasteiger partial charge in [0.05, 0.1) is 11.4 Å². The summed E-state index contributed by atoms with van der Waals surface area (Å²) < 4.78 is 0. The molecular weight excluding hydrogens is 472 g/mol. The molecule has 8 heteroatoms. The molecule has 1 saturated heterocycles. The molecule has 0 unspecified atom stereocenters. The van der Waals surface area contributed by atoms with Crippen LogP contribution in [0, 0.1) is 6.92 Å². The second-order valence-corrected chi connectivity index (χ2v) is 9.44. The molecule has 3 N–H and O–H groups in total. The van der Waals surface area contributed by atoms with Crippen LogP contribution in [0.25, 0.3) is 22.0 Å². The highest BCUT2D eigenvalue weighted by molar-refractivity contribution is 6.03. The summed E-state index contributed by atoms with van der Waals surface area (Å²) >= 11 is 0. The van der Waals surface area contributed by atoms with Crippen LogP contribution in [0.3, 0.4) is 0 Å². The van der Waals surface area contributed by atoms with Gasteiger partial charge >= 0.3 is 0 Å². The van der Waals surface area contributed by atoms with Crippen LogP contribution >= 0.6 is 0 Å². The van der Waals surface area contributed by atoms with Gasteiger partial charge in [0.1, 0.15) is 23.8 Å². The van der Waals surface area contributed by atoms with Gasteiger partial charge in [-0.15, -0.1) is 0 Å². The molecule has 8 nitrogen and oxygen atoms in total. The van der Waals surface area contributed by atoms with Gasteiger partial charge in [-0.2, -0.15) is 0 Å². The predicted octanol–water partition coefficient (Wildman–Crippen LogP) is 6.52. The second kappa shape index (κ2) is 10.3. The van der Waals surface area contributed by atoms with Gasteiger partial charge in [-0.1, -0.05) is 18.2 Å². The first-order valence-corrected chi connectivity index (χ1v) is 12.9. The third-order valence-electron chi connectivity index (χ3n) is 6.98. The van der Waals surface area contributed by atoms with E-state index in [1.54, 1.807) is 12.5 Å². The molecule has 2 aromatic carbocycles. The lowest BCUT2D eigenvalue weighted by Gasteiger charge is -2.19. The van der Waals surface area contributed by atoms with Crippen molar-refractivity contribution in [3.05, 3.63) is 84.9 Å². The van der Waals surface area contributed by atoms with E-state index in [1.807, 2.05) is 37.5 Å². The van der Waals surface area contributed by atoms with E-state index in [4.69, 9.17) is 4.98 Å². The quantitative estimate of drug-likeness (QED) is 0.232. The maximum atomic E-state index is 4.70. The fourth-order valence-electron chi connectivity index (χ4n) is 4.99. The summed E-state index contributed by atoms with van der Waals surface area (Å²) in [5.41, 5.74) is 6.07. The van der Waals surface area contributed by atoms with E-state index in [1.165, 1.54) is 18.5 Å². The van der Waals surface area contributed by atoms with E-state index in [0.29, 0.717) is 0 Å². The Bertz CT molecular complexity index is 1590. The molecule has 3 aromatic heterocycles. The number of pyridine rings is 2. The number of nitrogens with zero attached hydrogens (tertiary/aromatic N) is 5. The van der Waals surface area contributed by atoms with Crippen LogP contribution in [0.4, 0.5) is 34.5 Å². The largest absolute Gasteiger partial charge is 0.373 e. The van der Waals surface area contributed by atoms with Crippen LogP contribution in [-0.4, -0.2) is 40.1 Å². The zero-order valence-electron chi connectivity index (χ0n) is 21.6. The van der Waals surface area contributed by atoms with Crippen molar-refractivity contribution in [1.82, 2.24) is 19.9 Å². The average Bonchev–Trinajstić information content (AvgIpc) is 3.51. The molecule has 190 valence electrons. The van der Waals surface area contributed by atoms with E-state index in [2.05, 4.69) is 79.1 Å². The molecule has 6 rings (SSSR count). The number of benzene rings is 2. The highest BCUT2D eigenvalue weighted by atomic mass is 15.1. The molecule has 0 saturated carbocycles. The predicted molar refractivity (Wildman–Crippen MR) is 156 cm³/mol. The Morgan fingerprint density at radius 3 is 2.50 bits per heavy atom. The Morgan fingerprint density at radius 1 is 0.763 bits per heavy atom. The van der Waals surface area contributed by atoms with Crippen molar-refractivity contribution in [2.75, 3.05) is 41.0 Å². The molecule has 1 fully saturated rings. The molecule has 0 atom stereocenters. The minimum Gasteiger partial charge on any atom is -0.373 e. The minimum atomic E-state index is 0.730. The number of fused-ring (bicyclic) bond motifs is 1. The smallest absolute Gasteiger partial charge is 0.139 e. The summed E-state index contributed by atoms with van der Waals surface area (Å²) in [5.74, 6) is 2.30. The average molecular weight is 503 g/mol. The number of rotatable bonds is 7. The van der Waals surface area contributed by atoms with Crippen LogP contribution < -0.4 is 20.9 Å². The number of hydrogen-bond donors (Lipinski definition) is 3. The van der Waals surface area contributed by atoms with E-state index in [0.717, 1.165) is 69.5 Å². The molecule has 38 heavy (non-hydrogen) atoms. The van der Waals surface area contributed by atoms with Gasteiger partial charge in [-0.05, 0) is 61.7 Å². The molecule has 0 bridgehead atoms. The Hall–Kier alpha value is -4.72. The van der Waals surface area contributed by atoms with Gasteiger partial charge in [0.15, 0.2) is 0 Å². The number of aryl methyl sites for hydroxylation is 1. The summed E-state index contributed by atoms with van der Waals surface area (Å²) in [6, 6.07) is 20.7. The summed E-state index contributed by atoms with van der Waals surface area (Å²) in [7, 11) is 1.84.